The zero-order valence-electron chi connectivity index (χ0n) is 13.1. The number of rotatable bonds is 2. The number of hydrogen-bond donors (Lipinski definition) is 1. The number of carbonyl (C=O) groups is 1. The minimum Gasteiger partial charge on any atom is -0.368 e. The molecule has 0 bridgehead atoms. The number of hydrogen-bond acceptors (Lipinski definition) is 2. The Bertz CT molecular complexity index is 754. The van der Waals surface area contributed by atoms with Gasteiger partial charge in [-0.25, -0.2) is 9.18 Å². The van der Waals surface area contributed by atoms with E-state index in [1.54, 1.807) is 17.0 Å². The Morgan fingerprint density at radius 2 is 1.52 bits per heavy atom. The standard InChI is InChI=1S/C17H15Cl3FN3O/c18-11-9-14(19)16(15(20)10-11)22-17(25)24-7-5-23(6-8-24)13-3-1-12(21)2-4-13/h1-4,9-10H,5-8H2,(H,22,25). The summed E-state index contributed by atoms with van der Waals surface area (Å²) in [6.45, 7) is 2.38. The van der Waals surface area contributed by atoms with Crippen LogP contribution in [0.15, 0.2) is 36.4 Å². The Hall–Kier alpha value is -1.69. The molecule has 1 fully saturated rings. The molecule has 3 rings (SSSR count). The second-order valence-corrected chi connectivity index (χ2v) is 6.88. The van der Waals surface area contributed by atoms with Gasteiger partial charge in [-0.3, -0.25) is 0 Å². The molecule has 1 aliphatic rings. The molecule has 0 saturated carbocycles. The van der Waals surface area contributed by atoms with Crippen molar-refractivity contribution in [1.82, 2.24) is 4.90 Å². The van der Waals surface area contributed by atoms with E-state index in [-0.39, 0.29) is 21.9 Å². The van der Waals surface area contributed by atoms with Crippen LogP contribution in [-0.4, -0.2) is 37.1 Å². The molecule has 1 aliphatic heterocycles. The van der Waals surface area contributed by atoms with Crippen LogP contribution in [0.1, 0.15) is 0 Å². The molecule has 0 aromatic heterocycles. The van der Waals surface area contributed by atoms with E-state index in [0.717, 1.165) is 5.69 Å². The highest BCUT2D eigenvalue weighted by molar-refractivity contribution is 6.42. The van der Waals surface area contributed by atoms with E-state index in [1.165, 1.54) is 24.3 Å². The number of nitrogens with one attached hydrogen (secondary N) is 1. The van der Waals surface area contributed by atoms with Gasteiger partial charge < -0.3 is 15.1 Å². The molecule has 25 heavy (non-hydrogen) atoms. The Balaban J connectivity index is 1.61. The summed E-state index contributed by atoms with van der Waals surface area (Å²) in [7, 11) is 0. The highest BCUT2D eigenvalue weighted by Crippen LogP contribution is 2.33. The molecule has 132 valence electrons. The predicted octanol–water partition coefficient (Wildman–Crippen LogP) is 5.14. The third-order valence-corrected chi connectivity index (χ3v) is 4.81. The van der Waals surface area contributed by atoms with Gasteiger partial charge in [-0.05, 0) is 36.4 Å². The Kier molecular flexibility index (Phi) is 5.57. The molecular weight excluding hydrogens is 388 g/mol. The van der Waals surface area contributed by atoms with Crippen LogP contribution >= 0.6 is 34.8 Å². The van der Waals surface area contributed by atoms with Crippen molar-refractivity contribution in [3.63, 3.8) is 0 Å². The van der Waals surface area contributed by atoms with E-state index in [0.29, 0.717) is 36.9 Å². The van der Waals surface area contributed by atoms with Crippen LogP contribution in [0.4, 0.5) is 20.6 Å². The summed E-state index contributed by atoms with van der Waals surface area (Å²) in [5, 5.41) is 3.71. The fourth-order valence-corrected chi connectivity index (χ4v) is 3.58. The Morgan fingerprint density at radius 1 is 0.960 bits per heavy atom. The largest absolute Gasteiger partial charge is 0.368 e. The van der Waals surface area contributed by atoms with Gasteiger partial charge in [0.2, 0.25) is 0 Å². The van der Waals surface area contributed by atoms with Crippen molar-refractivity contribution >= 4 is 52.2 Å². The predicted molar refractivity (Wildman–Crippen MR) is 101 cm³/mol. The van der Waals surface area contributed by atoms with Crippen LogP contribution in [0.2, 0.25) is 15.1 Å². The molecule has 0 spiro atoms. The van der Waals surface area contributed by atoms with E-state index < -0.39 is 0 Å². The molecule has 1 heterocycles. The van der Waals surface area contributed by atoms with Crippen molar-refractivity contribution in [3.05, 3.63) is 57.3 Å². The quantitative estimate of drug-likeness (QED) is 0.755. The number of benzene rings is 2. The van der Waals surface area contributed by atoms with Gasteiger partial charge in [0.1, 0.15) is 5.82 Å². The van der Waals surface area contributed by atoms with Crippen molar-refractivity contribution in [1.29, 1.82) is 0 Å². The van der Waals surface area contributed by atoms with Crippen LogP contribution < -0.4 is 10.2 Å². The van der Waals surface area contributed by atoms with Crippen LogP contribution in [0.3, 0.4) is 0 Å². The van der Waals surface area contributed by atoms with Crippen molar-refractivity contribution < 1.29 is 9.18 Å². The number of halogens is 4. The number of amides is 2. The summed E-state index contributed by atoms with van der Waals surface area (Å²) >= 11 is 18.1. The zero-order valence-corrected chi connectivity index (χ0v) is 15.4. The average molecular weight is 403 g/mol. The maximum atomic E-state index is 13.0. The summed E-state index contributed by atoms with van der Waals surface area (Å²) in [6.07, 6.45) is 0. The molecule has 2 amide bonds. The van der Waals surface area contributed by atoms with Crippen LogP contribution in [0.5, 0.6) is 0 Å². The lowest BCUT2D eigenvalue weighted by Gasteiger charge is -2.36. The maximum absolute atomic E-state index is 13.0. The van der Waals surface area contributed by atoms with Crippen LogP contribution in [0.25, 0.3) is 0 Å². The van der Waals surface area contributed by atoms with Gasteiger partial charge >= 0.3 is 6.03 Å². The molecule has 2 aromatic carbocycles. The summed E-state index contributed by atoms with van der Waals surface area (Å²) in [4.78, 5) is 16.2. The second kappa shape index (κ2) is 7.68. The number of carbonyl (C=O) groups excluding carboxylic acids is 1. The monoisotopic (exact) mass is 401 g/mol. The molecule has 4 nitrogen and oxygen atoms in total. The highest BCUT2D eigenvalue weighted by Gasteiger charge is 2.22. The second-order valence-electron chi connectivity index (χ2n) is 5.63. The fourth-order valence-electron chi connectivity index (χ4n) is 2.67. The fraction of sp³-hybridized carbons (Fsp3) is 0.235. The zero-order chi connectivity index (χ0) is 18.0. The smallest absolute Gasteiger partial charge is 0.322 e. The topological polar surface area (TPSA) is 35.6 Å². The lowest BCUT2D eigenvalue weighted by molar-refractivity contribution is 0.208. The summed E-state index contributed by atoms with van der Waals surface area (Å²) < 4.78 is 13.0. The number of urea groups is 1. The number of anilines is 2. The van der Waals surface area contributed by atoms with Gasteiger partial charge in [0.05, 0.1) is 15.7 Å². The van der Waals surface area contributed by atoms with E-state index in [2.05, 4.69) is 10.2 Å². The Labute approximate surface area is 160 Å². The van der Waals surface area contributed by atoms with Crippen molar-refractivity contribution in [2.45, 2.75) is 0 Å². The van der Waals surface area contributed by atoms with Gasteiger partial charge in [0.15, 0.2) is 0 Å². The minimum absolute atomic E-state index is 0.265. The van der Waals surface area contributed by atoms with Crippen molar-refractivity contribution in [2.24, 2.45) is 0 Å². The molecule has 0 aliphatic carbocycles. The first-order valence-electron chi connectivity index (χ1n) is 7.65. The molecule has 0 atom stereocenters. The SMILES string of the molecule is O=C(Nc1c(Cl)cc(Cl)cc1Cl)N1CCN(c2ccc(F)cc2)CC1. The lowest BCUT2D eigenvalue weighted by Crippen LogP contribution is -2.50. The van der Waals surface area contributed by atoms with Gasteiger partial charge in [-0.15, -0.1) is 0 Å². The van der Waals surface area contributed by atoms with E-state index in [9.17, 15) is 9.18 Å². The van der Waals surface area contributed by atoms with Gasteiger partial charge in [-0.1, -0.05) is 34.8 Å². The number of nitrogens with zero attached hydrogens (tertiary/aromatic N) is 2. The van der Waals surface area contributed by atoms with Gasteiger partial charge in [0.25, 0.3) is 0 Å². The first-order chi connectivity index (χ1) is 11.9. The minimum atomic E-state index is -0.273. The summed E-state index contributed by atoms with van der Waals surface area (Å²) in [6, 6.07) is 9.10. The number of piperazine rings is 1. The van der Waals surface area contributed by atoms with E-state index in [4.69, 9.17) is 34.8 Å². The van der Waals surface area contributed by atoms with Crippen LogP contribution in [-0.2, 0) is 0 Å². The van der Waals surface area contributed by atoms with Crippen molar-refractivity contribution in [3.8, 4) is 0 Å². The summed E-state index contributed by atoms with van der Waals surface area (Å²) in [5.74, 6) is -0.265. The molecule has 1 N–H and O–H groups in total. The first-order valence-corrected chi connectivity index (χ1v) is 8.78. The Morgan fingerprint density at radius 3 is 2.08 bits per heavy atom. The van der Waals surface area contributed by atoms with Crippen LogP contribution in [0, 0.1) is 5.82 Å². The first kappa shape index (κ1) is 18.1. The molecule has 0 radical (unpaired) electrons. The lowest BCUT2D eigenvalue weighted by atomic mass is 10.2. The molecule has 0 unspecified atom stereocenters. The maximum Gasteiger partial charge on any atom is 0.322 e. The van der Waals surface area contributed by atoms with E-state index in [1.807, 2.05) is 0 Å². The summed E-state index contributed by atoms with van der Waals surface area (Å²) in [5.41, 5.74) is 1.28. The molecular formula is C17H15Cl3FN3O. The van der Waals surface area contributed by atoms with Gasteiger partial charge in [0, 0.05) is 36.9 Å². The molecule has 2 aromatic rings. The third kappa shape index (κ3) is 4.29. The van der Waals surface area contributed by atoms with E-state index >= 15 is 0 Å². The molecule has 1 saturated heterocycles. The highest BCUT2D eigenvalue weighted by atomic mass is 35.5. The average Bonchev–Trinajstić information content (AvgIpc) is 2.59. The normalized spacial score (nSPS) is 14.6. The molecule has 8 heteroatoms. The van der Waals surface area contributed by atoms with Gasteiger partial charge in [-0.2, -0.15) is 0 Å². The third-order valence-electron chi connectivity index (χ3n) is 4.00. The van der Waals surface area contributed by atoms with Crippen molar-refractivity contribution in [2.75, 3.05) is 36.4 Å².